The molecule has 0 saturated heterocycles. The van der Waals surface area contributed by atoms with Gasteiger partial charge in [0, 0.05) is 11.7 Å². The maximum Gasteiger partial charge on any atom is 1.00 e. The standard InChI is InChI=1S/C3H6OS.C2H4O2.Na/c1-3(4)2-5;1-2(3)4;/h5H,2H2,1H3;1H3,(H,3,4);/q;;+1/p-1. The number of carbonyl (C=O) groups excluding carboxylic acids is 2. The smallest absolute Gasteiger partial charge is 0.550 e. The van der Waals surface area contributed by atoms with Crippen molar-refractivity contribution in [3.63, 3.8) is 0 Å². The fraction of sp³-hybridized carbons (Fsp3) is 0.600. The van der Waals surface area contributed by atoms with Gasteiger partial charge in [-0.05, 0) is 13.8 Å². The normalized spacial score (nSPS) is 6.30. The van der Waals surface area contributed by atoms with E-state index in [1.807, 2.05) is 0 Å². The average molecular weight is 172 g/mol. The van der Waals surface area contributed by atoms with Crippen LogP contribution in [0.15, 0.2) is 0 Å². The van der Waals surface area contributed by atoms with E-state index < -0.39 is 5.97 Å². The SMILES string of the molecule is CC(=O)CS.CC(=O)[O-].[Na+]. The van der Waals surface area contributed by atoms with Gasteiger partial charge >= 0.3 is 29.6 Å². The molecule has 0 N–H and O–H groups in total. The Morgan fingerprint density at radius 3 is 1.50 bits per heavy atom. The van der Waals surface area contributed by atoms with Crippen LogP contribution in [0.25, 0.3) is 0 Å². The summed E-state index contributed by atoms with van der Waals surface area (Å²) >= 11 is 3.67. The van der Waals surface area contributed by atoms with Crippen LogP contribution in [0, 0.1) is 0 Å². The molecule has 5 heteroatoms. The van der Waals surface area contributed by atoms with E-state index in [1.54, 1.807) is 0 Å². The van der Waals surface area contributed by atoms with Crippen LogP contribution < -0.4 is 34.7 Å². The van der Waals surface area contributed by atoms with Gasteiger partial charge in [-0.15, -0.1) is 0 Å². The van der Waals surface area contributed by atoms with Crippen molar-refractivity contribution in [3.8, 4) is 0 Å². The Morgan fingerprint density at radius 1 is 1.40 bits per heavy atom. The zero-order chi connectivity index (χ0) is 7.86. The molecular weight excluding hydrogens is 163 g/mol. The Labute approximate surface area is 87.9 Å². The van der Waals surface area contributed by atoms with Crippen molar-refractivity contribution in [1.29, 1.82) is 0 Å². The molecule has 0 aromatic carbocycles. The first-order chi connectivity index (χ1) is 4.00. The predicted molar refractivity (Wildman–Crippen MR) is 35.2 cm³/mol. The molecule has 3 nitrogen and oxygen atoms in total. The number of Topliss-reactive ketones (excluding diaryl/α,β-unsaturated/α-hetero) is 1. The molecule has 0 aliphatic heterocycles. The van der Waals surface area contributed by atoms with Gasteiger partial charge in [0.05, 0.1) is 0 Å². The number of aliphatic carboxylic acids is 1. The van der Waals surface area contributed by atoms with E-state index in [1.165, 1.54) is 6.92 Å². The van der Waals surface area contributed by atoms with Gasteiger partial charge in [-0.3, -0.25) is 4.79 Å². The van der Waals surface area contributed by atoms with Crippen molar-refractivity contribution in [2.75, 3.05) is 5.75 Å². The van der Waals surface area contributed by atoms with Gasteiger partial charge in [0.15, 0.2) is 0 Å². The van der Waals surface area contributed by atoms with Crippen molar-refractivity contribution in [3.05, 3.63) is 0 Å². The third-order valence-electron chi connectivity index (χ3n) is 0.223. The van der Waals surface area contributed by atoms with E-state index in [4.69, 9.17) is 9.90 Å². The van der Waals surface area contributed by atoms with E-state index in [0.29, 0.717) is 5.75 Å². The van der Waals surface area contributed by atoms with Gasteiger partial charge in [0.2, 0.25) is 0 Å². The molecular formula is C5H9NaO3S. The van der Waals surface area contributed by atoms with E-state index in [0.717, 1.165) is 6.92 Å². The van der Waals surface area contributed by atoms with E-state index in [9.17, 15) is 4.79 Å². The van der Waals surface area contributed by atoms with Crippen LogP contribution in [0.4, 0.5) is 0 Å². The molecule has 0 aliphatic rings. The summed E-state index contributed by atoms with van der Waals surface area (Å²) in [5, 5.41) is 8.89. The summed E-state index contributed by atoms with van der Waals surface area (Å²) < 4.78 is 0. The minimum absolute atomic E-state index is 0. The summed E-state index contributed by atoms with van der Waals surface area (Å²) in [5.41, 5.74) is 0. The molecule has 10 heavy (non-hydrogen) atoms. The van der Waals surface area contributed by atoms with Crippen LogP contribution in [0.1, 0.15) is 13.8 Å². The largest absolute Gasteiger partial charge is 1.00 e. The zero-order valence-corrected chi connectivity index (χ0v) is 9.27. The number of carboxylic acids is 1. The van der Waals surface area contributed by atoms with Crippen LogP contribution in [-0.4, -0.2) is 17.5 Å². The van der Waals surface area contributed by atoms with Gasteiger partial charge < -0.3 is 9.90 Å². The summed E-state index contributed by atoms with van der Waals surface area (Å²) in [6.07, 6.45) is 0. The van der Waals surface area contributed by atoms with Gasteiger partial charge in [-0.1, -0.05) is 0 Å². The number of hydrogen-bond acceptors (Lipinski definition) is 4. The summed E-state index contributed by atoms with van der Waals surface area (Å²) in [5.74, 6) is -0.603. The van der Waals surface area contributed by atoms with Crippen LogP contribution in [0.2, 0.25) is 0 Å². The fourth-order valence-corrected chi connectivity index (χ4v) is 0. The number of rotatable bonds is 1. The van der Waals surface area contributed by atoms with E-state index in [2.05, 4.69) is 12.6 Å². The topological polar surface area (TPSA) is 57.2 Å². The molecule has 0 heterocycles. The van der Waals surface area contributed by atoms with Gasteiger partial charge in [0.25, 0.3) is 0 Å². The first kappa shape index (κ1) is 16.8. The molecule has 0 amide bonds. The molecule has 0 atom stereocenters. The number of thiol groups is 1. The Kier molecular flexibility index (Phi) is 20.5. The van der Waals surface area contributed by atoms with Crippen LogP contribution in [-0.2, 0) is 9.59 Å². The Morgan fingerprint density at radius 2 is 1.50 bits per heavy atom. The molecule has 0 aromatic heterocycles. The Bertz CT molecular complexity index is 101. The summed E-state index contributed by atoms with van der Waals surface area (Å²) in [7, 11) is 0. The summed E-state index contributed by atoms with van der Waals surface area (Å²) in [6, 6.07) is 0. The third-order valence-corrected chi connectivity index (χ3v) is 0.668. The number of carbonyl (C=O) groups is 2. The molecule has 0 unspecified atom stereocenters. The Balaban J connectivity index is -0.0000000910. The van der Waals surface area contributed by atoms with Crippen molar-refractivity contribution in [2.45, 2.75) is 13.8 Å². The van der Waals surface area contributed by atoms with Crippen molar-refractivity contribution in [2.24, 2.45) is 0 Å². The van der Waals surface area contributed by atoms with Crippen LogP contribution in [0.3, 0.4) is 0 Å². The average Bonchev–Trinajstić information content (AvgIpc) is 1.65. The number of carboxylic acid groups (broad SMARTS) is 1. The molecule has 0 spiro atoms. The van der Waals surface area contributed by atoms with Crippen molar-refractivity contribution < 1.29 is 44.3 Å². The van der Waals surface area contributed by atoms with Crippen LogP contribution >= 0.6 is 12.6 Å². The van der Waals surface area contributed by atoms with Gasteiger partial charge in [0.1, 0.15) is 5.78 Å². The molecule has 54 valence electrons. The third kappa shape index (κ3) is 76.8. The first-order valence-electron chi connectivity index (χ1n) is 2.28. The minimum atomic E-state index is -1.08. The number of ketones is 1. The maximum absolute atomic E-state index is 9.74. The number of hydrogen-bond donors (Lipinski definition) is 1. The fourth-order valence-electron chi connectivity index (χ4n) is 0. The van der Waals surface area contributed by atoms with Gasteiger partial charge in [-0.25, -0.2) is 0 Å². The molecule has 0 radical (unpaired) electrons. The Hall–Kier alpha value is 0.490. The molecule has 0 saturated carbocycles. The minimum Gasteiger partial charge on any atom is -0.550 e. The molecule has 0 aliphatic carbocycles. The molecule has 0 rings (SSSR count). The first-order valence-corrected chi connectivity index (χ1v) is 2.91. The quantitative estimate of drug-likeness (QED) is 0.327. The van der Waals surface area contributed by atoms with E-state index in [-0.39, 0.29) is 35.3 Å². The van der Waals surface area contributed by atoms with E-state index >= 15 is 0 Å². The summed E-state index contributed by atoms with van der Waals surface area (Å²) in [4.78, 5) is 18.6. The summed E-state index contributed by atoms with van der Waals surface area (Å²) in [6.45, 7) is 2.48. The van der Waals surface area contributed by atoms with Crippen LogP contribution in [0.5, 0.6) is 0 Å². The second kappa shape index (κ2) is 12.2. The van der Waals surface area contributed by atoms with Gasteiger partial charge in [-0.2, -0.15) is 12.6 Å². The molecule has 0 fully saturated rings. The predicted octanol–water partition coefficient (Wildman–Crippen LogP) is -3.73. The second-order valence-electron chi connectivity index (χ2n) is 1.35. The zero-order valence-electron chi connectivity index (χ0n) is 6.38. The monoisotopic (exact) mass is 172 g/mol. The van der Waals surface area contributed by atoms with Crippen molar-refractivity contribution >= 4 is 24.4 Å². The van der Waals surface area contributed by atoms with Crippen molar-refractivity contribution in [1.82, 2.24) is 0 Å². The molecule has 0 aromatic rings. The maximum atomic E-state index is 9.74. The second-order valence-corrected chi connectivity index (χ2v) is 1.67. The molecule has 0 bridgehead atoms.